The average Bonchev–Trinajstić information content (AvgIpc) is 2.86. The first-order chi connectivity index (χ1) is 10.0. The van der Waals surface area contributed by atoms with Gasteiger partial charge in [0.05, 0.1) is 4.88 Å². The maximum Gasteiger partial charge on any atom is 0.265 e. The number of benzene rings is 2. The molecule has 0 atom stereocenters. The molecule has 3 nitrogen and oxygen atoms in total. The Hall–Kier alpha value is -2.33. The van der Waals surface area contributed by atoms with Crippen LogP contribution in [0.2, 0.25) is 0 Å². The molecule has 0 fully saturated rings. The number of hydrogen-bond acceptors (Lipinski definition) is 3. The number of anilines is 2. The molecule has 2 aromatic carbocycles. The summed E-state index contributed by atoms with van der Waals surface area (Å²) in [4.78, 5) is 13.2. The van der Waals surface area contributed by atoms with Gasteiger partial charge >= 0.3 is 0 Å². The van der Waals surface area contributed by atoms with Crippen molar-refractivity contribution in [1.29, 1.82) is 0 Å². The topological polar surface area (TPSA) is 55.1 Å². The number of rotatable bonds is 2. The molecule has 3 aromatic rings. The quantitative estimate of drug-likeness (QED) is 0.691. The summed E-state index contributed by atoms with van der Waals surface area (Å²) < 4.78 is 1.12. The number of amides is 1. The van der Waals surface area contributed by atoms with Crippen LogP contribution in [0.1, 0.15) is 20.8 Å². The van der Waals surface area contributed by atoms with E-state index in [0.29, 0.717) is 10.6 Å². The molecule has 0 aliphatic rings. The van der Waals surface area contributed by atoms with Gasteiger partial charge < -0.3 is 11.1 Å². The van der Waals surface area contributed by atoms with E-state index in [9.17, 15) is 4.79 Å². The van der Waals surface area contributed by atoms with Gasteiger partial charge in [-0.2, -0.15) is 0 Å². The van der Waals surface area contributed by atoms with Gasteiger partial charge in [-0.05, 0) is 54.6 Å². The van der Waals surface area contributed by atoms with E-state index in [0.717, 1.165) is 26.9 Å². The maximum absolute atomic E-state index is 12.4. The molecule has 1 heterocycles. The fourth-order valence-corrected chi connectivity index (χ4v) is 3.42. The molecule has 0 aliphatic heterocycles. The summed E-state index contributed by atoms with van der Waals surface area (Å²) in [5.74, 6) is -0.0767. The van der Waals surface area contributed by atoms with E-state index < -0.39 is 0 Å². The molecule has 21 heavy (non-hydrogen) atoms. The van der Waals surface area contributed by atoms with Crippen LogP contribution in [0.5, 0.6) is 0 Å². The minimum atomic E-state index is -0.0767. The van der Waals surface area contributed by atoms with Crippen LogP contribution in [0.15, 0.2) is 42.5 Å². The zero-order valence-electron chi connectivity index (χ0n) is 11.9. The Morgan fingerprint density at radius 2 is 1.76 bits per heavy atom. The standard InChI is InChI=1S/C17H16N2OS/c1-10-7-13(18)8-11(2)16(10)19-17(20)15-9-12-5-3-4-6-14(12)21-15/h3-9H,18H2,1-2H3,(H,19,20). The summed E-state index contributed by atoms with van der Waals surface area (Å²) in [5.41, 5.74) is 9.31. The summed E-state index contributed by atoms with van der Waals surface area (Å²) in [5, 5.41) is 4.09. The van der Waals surface area contributed by atoms with E-state index in [4.69, 9.17) is 5.73 Å². The number of nitrogens with two attached hydrogens (primary N) is 1. The first-order valence-electron chi connectivity index (χ1n) is 6.71. The Balaban J connectivity index is 1.93. The molecule has 4 heteroatoms. The predicted molar refractivity (Wildman–Crippen MR) is 90.1 cm³/mol. The van der Waals surface area contributed by atoms with Crippen LogP contribution in [0.3, 0.4) is 0 Å². The van der Waals surface area contributed by atoms with Crippen LogP contribution in [0, 0.1) is 13.8 Å². The van der Waals surface area contributed by atoms with Gasteiger partial charge in [0.25, 0.3) is 5.91 Å². The third-order valence-electron chi connectivity index (χ3n) is 3.44. The van der Waals surface area contributed by atoms with Crippen LogP contribution >= 0.6 is 11.3 Å². The van der Waals surface area contributed by atoms with Crippen molar-refractivity contribution in [3.63, 3.8) is 0 Å². The van der Waals surface area contributed by atoms with Gasteiger partial charge in [0.2, 0.25) is 0 Å². The number of thiophene rings is 1. The van der Waals surface area contributed by atoms with Crippen molar-refractivity contribution >= 4 is 38.7 Å². The lowest BCUT2D eigenvalue weighted by atomic mass is 10.1. The highest BCUT2D eigenvalue weighted by Crippen LogP contribution is 2.28. The van der Waals surface area contributed by atoms with E-state index in [1.165, 1.54) is 11.3 Å². The summed E-state index contributed by atoms with van der Waals surface area (Å²) in [6.07, 6.45) is 0. The Labute approximate surface area is 127 Å². The fraction of sp³-hybridized carbons (Fsp3) is 0.118. The normalized spacial score (nSPS) is 10.8. The van der Waals surface area contributed by atoms with Gasteiger partial charge in [0.1, 0.15) is 0 Å². The number of fused-ring (bicyclic) bond motifs is 1. The van der Waals surface area contributed by atoms with Crippen LogP contribution in [-0.2, 0) is 0 Å². The Morgan fingerprint density at radius 1 is 1.10 bits per heavy atom. The first kappa shape index (κ1) is 13.6. The smallest absolute Gasteiger partial charge is 0.265 e. The maximum atomic E-state index is 12.4. The molecule has 3 N–H and O–H groups in total. The Morgan fingerprint density at radius 3 is 2.43 bits per heavy atom. The number of aryl methyl sites for hydroxylation is 2. The lowest BCUT2D eigenvalue weighted by Crippen LogP contribution is -2.12. The zero-order valence-corrected chi connectivity index (χ0v) is 12.8. The third kappa shape index (κ3) is 2.62. The molecular weight excluding hydrogens is 280 g/mol. The molecule has 3 rings (SSSR count). The van der Waals surface area contributed by atoms with Crippen LogP contribution in [-0.4, -0.2) is 5.91 Å². The van der Waals surface area contributed by atoms with E-state index in [1.54, 1.807) is 0 Å². The minimum absolute atomic E-state index is 0.0767. The highest BCUT2D eigenvalue weighted by Gasteiger charge is 2.13. The third-order valence-corrected chi connectivity index (χ3v) is 4.56. The second-order valence-electron chi connectivity index (χ2n) is 5.13. The summed E-state index contributed by atoms with van der Waals surface area (Å²) in [6, 6.07) is 13.7. The van der Waals surface area contributed by atoms with Gasteiger partial charge in [0, 0.05) is 16.1 Å². The molecule has 0 unspecified atom stereocenters. The van der Waals surface area contributed by atoms with Crippen LogP contribution in [0.25, 0.3) is 10.1 Å². The fourth-order valence-electron chi connectivity index (χ4n) is 2.46. The number of carbonyl (C=O) groups is 1. The second-order valence-corrected chi connectivity index (χ2v) is 6.22. The highest BCUT2D eigenvalue weighted by molar-refractivity contribution is 7.20. The SMILES string of the molecule is Cc1cc(N)cc(C)c1NC(=O)c1cc2ccccc2s1. The van der Waals surface area contributed by atoms with Gasteiger partial charge in [-0.3, -0.25) is 4.79 Å². The molecule has 0 bridgehead atoms. The summed E-state index contributed by atoms with van der Waals surface area (Å²) in [6.45, 7) is 3.90. The average molecular weight is 296 g/mol. The van der Waals surface area contributed by atoms with Crippen molar-refractivity contribution in [2.24, 2.45) is 0 Å². The van der Waals surface area contributed by atoms with Crippen molar-refractivity contribution in [2.75, 3.05) is 11.1 Å². The highest BCUT2D eigenvalue weighted by atomic mass is 32.1. The molecule has 0 radical (unpaired) electrons. The minimum Gasteiger partial charge on any atom is -0.399 e. The monoisotopic (exact) mass is 296 g/mol. The van der Waals surface area contributed by atoms with Gasteiger partial charge in [-0.15, -0.1) is 11.3 Å². The van der Waals surface area contributed by atoms with Gasteiger partial charge in [0.15, 0.2) is 0 Å². The largest absolute Gasteiger partial charge is 0.399 e. The Bertz CT molecular complexity index is 780. The molecule has 0 aliphatic carbocycles. The molecule has 0 spiro atoms. The second kappa shape index (κ2) is 5.22. The molecule has 0 saturated heterocycles. The number of nitrogens with one attached hydrogen (secondary N) is 1. The molecular formula is C17H16N2OS. The van der Waals surface area contributed by atoms with E-state index in [-0.39, 0.29) is 5.91 Å². The summed E-state index contributed by atoms with van der Waals surface area (Å²) in [7, 11) is 0. The van der Waals surface area contributed by atoms with Crippen LogP contribution in [0.4, 0.5) is 11.4 Å². The number of nitrogen functional groups attached to an aromatic ring is 1. The van der Waals surface area contributed by atoms with E-state index >= 15 is 0 Å². The van der Waals surface area contributed by atoms with E-state index in [2.05, 4.69) is 5.32 Å². The van der Waals surface area contributed by atoms with Gasteiger partial charge in [-0.25, -0.2) is 0 Å². The van der Waals surface area contributed by atoms with E-state index in [1.807, 2.05) is 56.3 Å². The van der Waals surface area contributed by atoms with Crippen molar-refractivity contribution in [1.82, 2.24) is 0 Å². The predicted octanol–water partition coefficient (Wildman–Crippen LogP) is 4.35. The molecule has 1 aromatic heterocycles. The lowest BCUT2D eigenvalue weighted by molar-refractivity contribution is 0.103. The molecule has 0 saturated carbocycles. The van der Waals surface area contributed by atoms with Crippen molar-refractivity contribution in [2.45, 2.75) is 13.8 Å². The zero-order chi connectivity index (χ0) is 15.0. The lowest BCUT2D eigenvalue weighted by Gasteiger charge is -2.11. The van der Waals surface area contributed by atoms with Crippen molar-refractivity contribution < 1.29 is 4.79 Å². The molecule has 106 valence electrons. The number of carbonyl (C=O) groups excluding carboxylic acids is 1. The van der Waals surface area contributed by atoms with Gasteiger partial charge in [-0.1, -0.05) is 18.2 Å². The first-order valence-corrected chi connectivity index (χ1v) is 7.53. The van der Waals surface area contributed by atoms with Crippen LogP contribution < -0.4 is 11.1 Å². The van der Waals surface area contributed by atoms with Crippen molar-refractivity contribution in [3.05, 3.63) is 58.5 Å². The number of hydrogen-bond donors (Lipinski definition) is 2. The Kier molecular flexibility index (Phi) is 3.39. The van der Waals surface area contributed by atoms with Crippen molar-refractivity contribution in [3.8, 4) is 0 Å². The molecule has 1 amide bonds. The summed E-state index contributed by atoms with van der Waals surface area (Å²) >= 11 is 1.50.